The van der Waals surface area contributed by atoms with Gasteiger partial charge in [0, 0.05) is 37.5 Å². The van der Waals surface area contributed by atoms with E-state index in [4.69, 9.17) is 18.9 Å². The molecule has 12 N–H and O–H groups in total. The topological polar surface area (TPSA) is 314 Å². The number of cyclic esters (lactones) is 1. The summed E-state index contributed by atoms with van der Waals surface area (Å²) < 4.78 is 37.1. The molecule has 19 heteroatoms. The zero-order valence-electron chi connectivity index (χ0n) is 37.5. The molecule has 3 aliphatic heterocycles. The maximum Gasteiger partial charge on any atom is 0.311 e. The van der Waals surface area contributed by atoms with E-state index in [9.17, 15) is 75.3 Å². The molecule has 2 bridgehead atoms. The number of ether oxygens (including phenoxy) is 4. The van der Waals surface area contributed by atoms with Gasteiger partial charge in [-0.3, -0.25) is 9.59 Å². The Balaban J connectivity index is 1.87. The van der Waals surface area contributed by atoms with Crippen LogP contribution in [0.25, 0.3) is 0 Å². The number of carbonyl (C=O) groups is 2. The number of halogens is 1. The van der Waals surface area contributed by atoms with E-state index in [2.05, 4.69) is 0 Å². The number of hydrogen-bond donors (Lipinski definition) is 12. The van der Waals surface area contributed by atoms with Crippen molar-refractivity contribution >= 4 is 11.9 Å². The molecular formula is C47H71FO18. The number of esters is 1. The number of aliphatic carboxylic acids is 1. The van der Waals surface area contributed by atoms with Crippen LogP contribution in [0.15, 0.2) is 85.1 Å². The number of hydrogen-bond acceptors (Lipinski definition) is 17. The van der Waals surface area contributed by atoms with Gasteiger partial charge in [-0.1, -0.05) is 98.9 Å². The minimum Gasteiger partial charge on any atom is -0.481 e. The Morgan fingerprint density at radius 1 is 0.712 bits per heavy atom. The molecule has 0 spiro atoms. The summed E-state index contributed by atoms with van der Waals surface area (Å²) >= 11 is 0. The van der Waals surface area contributed by atoms with Crippen molar-refractivity contribution in [3.8, 4) is 0 Å². The highest BCUT2D eigenvalue weighted by Gasteiger charge is 2.51. The lowest BCUT2D eigenvalue weighted by Crippen LogP contribution is -2.59. The number of aliphatic hydroxyl groups is 11. The number of carbonyl (C=O) groups excluding carboxylic acids is 1. The molecule has 3 heterocycles. The standard InChI is InChI=1S/C47H71FO18/c1-27-16-14-12-10-8-6-4-5-7-9-11-13-15-17-33(64-46-44(59)43(58)41(48)38(26-49)65-46)23-37-40(45(60)61)36(55)25-47(62,66-37)24-32(52)21-35(54)34(53)19-18-30(50)20-31(51)22-39(56)63-29(3)28(2)42(27)57/h4-17,27-38,40-44,46,49-55,57-59,62H,18-26H2,1-3H3,(H,60,61)/b5-4+,8-6+,9-7+,12-10+,13-11+,16-14+,17-15+/t27-,28-,29-,30?,31?,32?,33?,34?,35?,36-,37-,38?,40+,41?,42+,43?,44?,46?,47?/m0/s1. The zero-order valence-corrected chi connectivity index (χ0v) is 37.5. The summed E-state index contributed by atoms with van der Waals surface area (Å²) in [4.78, 5) is 25.1. The van der Waals surface area contributed by atoms with Crippen molar-refractivity contribution in [3.63, 3.8) is 0 Å². The number of aliphatic hydroxyl groups excluding tert-OH is 10. The second-order valence-electron chi connectivity index (χ2n) is 17.5. The predicted molar refractivity (Wildman–Crippen MR) is 235 cm³/mol. The molecule has 2 fully saturated rings. The van der Waals surface area contributed by atoms with Crippen molar-refractivity contribution in [2.45, 2.75) is 170 Å². The molecule has 3 aliphatic rings. The summed E-state index contributed by atoms with van der Waals surface area (Å²) in [7, 11) is 0. The van der Waals surface area contributed by atoms with Crippen molar-refractivity contribution in [1.29, 1.82) is 0 Å². The summed E-state index contributed by atoms with van der Waals surface area (Å²) in [5, 5.41) is 127. The summed E-state index contributed by atoms with van der Waals surface area (Å²) in [6.07, 6.45) is -2.68. The van der Waals surface area contributed by atoms with Crippen LogP contribution in [0.5, 0.6) is 0 Å². The number of alkyl halides is 1. The molecular weight excluding hydrogens is 871 g/mol. The first kappa shape index (κ1) is 56.8. The highest BCUT2D eigenvalue weighted by molar-refractivity contribution is 5.71. The number of allylic oxidation sites excluding steroid dienone is 12. The third-order valence-electron chi connectivity index (χ3n) is 11.9. The average molecular weight is 943 g/mol. The van der Waals surface area contributed by atoms with Gasteiger partial charge in [0.05, 0.1) is 68.0 Å². The number of fused-ring (bicyclic) bond motifs is 2. The smallest absolute Gasteiger partial charge is 0.311 e. The van der Waals surface area contributed by atoms with Crippen LogP contribution in [0.3, 0.4) is 0 Å². The SMILES string of the molecule is C[C@@H]1[C@H](O)[C@@H](C)/C=C/C=C/C=C/C=C/C=C/C=C/C=C/C(OC2OC(CO)C(F)C(O)C2O)C[C@@H]2OC(O)(CC(O)CC(O)C(O)CCC(O)CC(O)CC(=O)O[C@H]1C)C[C@H](O)[C@H]2C(=O)O. The van der Waals surface area contributed by atoms with Crippen LogP contribution < -0.4 is 0 Å². The van der Waals surface area contributed by atoms with Gasteiger partial charge in [0.25, 0.3) is 0 Å². The van der Waals surface area contributed by atoms with Gasteiger partial charge >= 0.3 is 11.9 Å². The highest BCUT2D eigenvalue weighted by Crippen LogP contribution is 2.38. The summed E-state index contributed by atoms with van der Waals surface area (Å²) in [6, 6.07) is 0. The third-order valence-corrected chi connectivity index (χ3v) is 11.9. The van der Waals surface area contributed by atoms with E-state index in [-0.39, 0.29) is 25.2 Å². The Bertz CT molecular complexity index is 1680. The van der Waals surface area contributed by atoms with Crippen LogP contribution >= 0.6 is 0 Å². The average Bonchev–Trinajstić information content (AvgIpc) is 3.23. The molecule has 0 amide bonds. The van der Waals surface area contributed by atoms with Gasteiger partial charge in [-0.15, -0.1) is 0 Å². The molecule has 0 saturated carbocycles. The summed E-state index contributed by atoms with van der Waals surface area (Å²) in [5.41, 5.74) is 0. The molecule has 0 radical (unpaired) electrons. The Morgan fingerprint density at radius 3 is 1.86 bits per heavy atom. The molecule has 3 rings (SSSR count). The molecule has 374 valence electrons. The van der Waals surface area contributed by atoms with Crippen molar-refractivity contribution in [2.24, 2.45) is 17.8 Å². The van der Waals surface area contributed by atoms with Crippen molar-refractivity contribution in [1.82, 2.24) is 0 Å². The van der Waals surface area contributed by atoms with Gasteiger partial charge in [0.2, 0.25) is 0 Å². The van der Waals surface area contributed by atoms with Crippen LogP contribution in [0, 0.1) is 17.8 Å². The van der Waals surface area contributed by atoms with E-state index in [1.807, 2.05) is 6.92 Å². The lowest BCUT2D eigenvalue weighted by atomic mass is 9.82. The lowest BCUT2D eigenvalue weighted by Gasteiger charge is -2.45. The Labute approximate surface area is 384 Å². The second kappa shape index (κ2) is 28.1. The van der Waals surface area contributed by atoms with E-state index in [0.717, 1.165) is 0 Å². The van der Waals surface area contributed by atoms with E-state index in [1.54, 1.807) is 86.8 Å². The Hall–Kier alpha value is -3.51. The van der Waals surface area contributed by atoms with E-state index in [1.165, 1.54) is 12.2 Å². The van der Waals surface area contributed by atoms with E-state index < -0.39 is 160 Å². The third kappa shape index (κ3) is 18.5. The van der Waals surface area contributed by atoms with Gasteiger partial charge in [0.15, 0.2) is 18.2 Å². The van der Waals surface area contributed by atoms with Crippen molar-refractivity contribution < 1.29 is 94.2 Å². The van der Waals surface area contributed by atoms with E-state index in [0.29, 0.717) is 0 Å². The van der Waals surface area contributed by atoms with Crippen LogP contribution in [0.4, 0.5) is 4.39 Å². The zero-order chi connectivity index (χ0) is 49.1. The van der Waals surface area contributed by atoms with Gasteiger partial charge in [-0.2, -0.15) is 0 Å². The van der Waals surface area contributed by atoms with Gasteiger partial charge < -0.3 is 80.2 Å². The van der Waals surface area contributed by atoms with Crippen molar-refractivity contribution in [2.75, 3.05) is 6.61 Å². The quantitative estimate of drug-likeness (QED) is 0.173. The summed E-state index contributed by atoms with van der Waals surface area (Å²) in [5.74, 6) is -7.10. The Morgan fingerprint density at radius 2 is 1.29 bits per heavy atom. The van der Waals surface area contributed by atoms with Crippen LogP contribution in [-0.4, -0.2) is 177 Å². The molecule has 18 nitrogen and oxygen atoms in total. The summed E-state index contributed by atoms with van der Waals surface area (Å²) in [6.45, 7) is 4.29. The maximum absolute atomic E-state index is 14.6. The predicted octanol–water partition coefficient (Wildman–Crippen LogP) is 0.695. The lowest BCUT2D eigenvalue weighted by molar-refractivity contribution is -0.315. The minimum atomic E-state index is -2.40. The number of carboxylic acids is 1. The maximum atomic E-state index is 14.6. The molecule has 0 aromatic carbocycles. The van der Waals surface area contributed by atoms with Crippen molar-refractivity contribution in [3.05, 3.63) is 85.1 Å². The molecule has 2 saturated heterocycles. The highest BCUT2D eigenvalue weighted by atomic mass is 19.1. The number of carboxylic acid groups (broad SMARTS) is 1. The molecule has 0 aromatic heterocycles. The van der Waals surface area contributed by atoms with Crippen LogP contribution in [-0.2, 0) is 28.5 Å². The normalized spacial score (nSPS) is 45.0. The largest absolute Gasteiger partial charge is 0.481 e. The fraction of sp³-hybridized carbons (Fsp3) is 0.660. The van der Waals surface area contributed by atoms with Gasteiger partial charge in [-0.25, -0.2) is 4.39 Å². The van der Waals surface area contributed by atoms with Crippen LogP contribution in [0.1, 0.15) is 72.1 Å². The Kier molecular flexibility index (Phi) is 24.2. The van der Waals surface area contributed by atoms with Gasteiger partial charge in [0.1, 0.15) is 30.3 Å². The molecule has 12 unspecified atom stereocenters. The minimum absolute atomic E-state index is 0.132. The molecule has 19 atom stereocenters. The molecule has 0 aliphatic carbocycles. The fourth-order valence-electron chi connectivity index (χ4n) is 7.94. The second-order valence-corrected chi connectivity index (χ2v) is 17.5. The van der Waals surface area contributed by atoms with Crippen LogP contribution in [0.2, 0.25) is 0 Å². The molecule has 0 aromatic rings. The van der Waals surface area contributed by atoms with E-state index >= 15 is 0 Å². The first-order valence-corrected chi connectivity index (χ1v) is 22.3. The fourth-order valence-corrected chi connectivity index (χ4v) is 7.94. The monoisotopic (exact) mass is 942 g/mol. The number of rotatable bonds is 4. The molecule has 66 heavy (non-hydrogen) atoms. The first-order chi connectivity index (χ1) is 31.2. The first-order valence-electron chi connectivity index (χ1n) is 22.3. The van der Waals surface area contributed by atoms with Gasteiger partial charge in [-0.05, 0) is 26.2 Å².